The molecule has 5 aliphatic rings. The fourth-order valence-corrected chi connectivity index (χ4v) is 7.25. The summed E-state index contributed by atoms with van der Waals surface area (Å²) in [6.45, 7) is 5.83. The van der Waals surface area contributed by atoms with Gasteiger partial charge in [-0.15, -0.1) is 0 Å². The maximum Gasteiger partial charge on any atom is 0.254 e. The number of piperazine rings is 1. The molecule has 4 aliphatic carbocycles. The Hall–Kier alpha value is -1.94. The molecule has 4 nitrogen and oxygen atoms in total. The van der Waals surface area contributed by atoms with Gasteiger partial charge in [0.15, 0.2) is 0 Å². The molecule has 4 heteroatoms. The summed E-state index contributed by atoms with van der Waals surface area (Å²) in [5.74, 6) is 3.61. The molecular weight excluding hydrogens is 358 g/mol. The first-order valence-corrected chi connectivity index (χ1v) is 11.5. The van der Waals surface area contributed by atoms with Crippen molar-refractivity contribution in [2.24, 2.45) is 23.7 Å². The lowest BCUT2D eigenvalue weighted by molar-refractivity contribution is -0.0504. The smallest absolute Gasteiger partial charge is 0.254 e. The molecule has 4 bridgehead atoms. The second-order valence-electron chi connectivity index (χ2n) is 10.2. The number of carbonyl (C=O) groups is 1. The molecule has 4 saturated carbocycles. The topological polar surface area (TPSA) is 45.2 Å². The Morgan fingerprint density at radius 1 is 1.10 bits per heavy atom. The number of hydrogen-bond donors (Lipinski definition) is 1. The first-order valence-electron chi connectivity index (χ1n) is 11.5. The third-order valence-electron chi connectivity index (χ3n) is 8.64. The van der Waals surface area contributed by atoms with Crippen LogP contribution >= 0.6 is 0 Å². The fourth-order valence-electron chi connectivity index (χ4n) is 7.25. The molecule has 2 aromatic rings. The van der Waals surface area contributed by atoms with Crippen LogP contribution in [0, 0.1) is 23.7 Å². The maximum absolute atomic E-state index is 13.5. The van der Waals surface area contributed by atoms with Crippen molar-refractivity contribution in [3.05, 3.63) is 41.6 Å². The van der Waals surface area contributed by atoms with Crippen LogP contribution in [0.4, 0.5) is 0 Å². The van der Waals surface area contributed by atoms with Gasteiger partial charge in [-0.2, -0.15) is 0 Å². The van der Waals surface area contributed by atoms with E-state index in [0.29, 0.717) is 0 Å². The van der Waals surface area contributed by atoms with Crippen molar-refractivity contribution in [3.63, 3.8) is 0 Å². The average Bonchev–Trinajstić information content (AvgIpc) is 2.76. The van der Waals surface area contributed by atoms with Crippen molar-refractivity contribution >= 4 is 16.8 Å². The van der Waals surface area contributed by atoms with Gasteiger partial charge in [-0.05, 0) is 67.9 Å². The lowest BCUT2D eigenvalue weighted by atomic mass is 9.45. The van der Waals surface area contributed by atoms with Gasteiger partial charge in [0.1, 0.15) is 0 Å². The van der Waals surface area contributed by atoms with Gasteiger partial charge in [-0.3, -0.25) is 9.78 Å². The SMILES string of the molecule is CC1C2CC3CC1CC(c1cc(C(=O)N4CCNCC4)c4ccccc4n1)(C3)C2. The highest BCUT2D eigenvalue weighted by atomic mass is 16.2. The molecule has 2 atom stereocenters. The lowest BCUT2D eigenvalue weighted by Crippen LogP contribution is -2.52. The predicted octanol–water partition coefficient (Wildman–Crippen LogP) is 3.99. The number of para-hydroxylation sites is 1. The van der Waals surface area contributed by atoms with Crippen molar-refractivity contribution in [2.45, 2.75) is 44.4 Å². The number of rotatable bonds is 2. The molecule has 0 spiro atoms. The maximum atomic E-state index is 13.5. The zero-order valence-corrected chi connectivity index (χ0v) is 17.4. The number of nitrogens with zero attached hydrogens (tertiary/aromatic N) is 2. The van der Waals surface area contributed by atoms with E-state index in [-0.39, 0.29) is 11.3 Å². The Balaban J connectivity index is 1.46. The van der Waals surface area contributed by atoms with E-state index in [1.165, 1.54) is 37.8 Å². The molecule has 1 aromatic carbocycles. The number of nitrogens with one attached hydrogen (secondary N) is 1. The highest BCUT2D eigenvalue weighted by molar-refractivity contribution is 6.06. The summed E-state index contributed by atoms with van der Waals surface area (Å²) in [6, 6.07) is 10.5. The van der Waals surface area contributed by atoms with E-state index < -0.39 is 0 Å². The summed E-state index contributed by atoms with van der Waals surface area (Å²) in [5, 5.41) is 4.37. The molecule has 29 heavy (non-hydrogen) atoms. The van der Waals surface area contributed by atoms with E-state index in [1.54, 1.807) is 0 Å². The molecule has 7 rings (SSSR count). The Labute approximate surface area is 173 Å². The first kappa shape index (κ1) is 17.9. The number of carbonyl (C=O) groups excluding carboxylic acids is 1. The van der Waals surface area contributed by atoms with Crippen LogP contribution in [0.25, 0.3) is 10.9 Å². The zero-order valence-electron chi connectivity index (χ0n) is 17.4. The van der Waals surface area contributed by atoms with E-state index in [2.05, 4.69) is 36.5 Å². The predicted molar refractivity (Wildman–Crippen MR) is 115 cm³/mol. The van der Waals surface area contributed by atoms with Crippen LogP contribution in [0.1, 0.15) is 55.1 Å². The van der Waals surface area contributed by atoms with Crippen molar-refractivity contribution in [3.8, 4) is 0 Å². The molecule has 1 saturated heterocycles. The minimum atomic E-state index is 0.185. The van der Waals surface area contributed by atoms with Crippen molar-refractivity contribution < 1.29 is 4.79 Å². The van der Waals surface area contributed by atoms with Crippen LogP contribution in [0.2, 0.25) is 0 Å². The minimum absolute atomic E-state index is 0.185. The Morgan fingerprint density at radius 2 is 1.83 bits per heavy atom. The number of pyridine rings is 1. The minimum Gasteiger partial charge on any atom is -0.336 e. The van der Waals surface area contributed by atoms with Gasteiger partial charge in [-0.1, -0.05) is 25.1 Å². The van der Waals surface area contributed by atoms with E-state index in [4.69, 9.17) is 4.98 Å². The summed E-state index contributed by atoms with van der Waals surface area (Å²) in [4.78, 5) is 20.7. The number of hydrogen-bond acceptors (Lipinski definition) is 3. The highest BCUT2D eigenvalue weighted by Crippen LogP contribution is 2.62. The molecule has 1 N–H and O–H groups in total. The Morgan fingerprint density at radius 3 is 2.59 bits per heavy atom. The number of benzene rings is 1. The van der Waals surface area contributed by atoms with Crippen LogP contribution in [-0.2, 0) is 5.41 Å². The third kappa shape index (κ3) is 2.75. The highest BCUT2D eigenvalue weighted by Gasteiger charge is 2.55. The van der Waals surface area contributed by atoms with Crippen LogP contribution in [-0.4, -0.2) is 42.0 Å². The van der Waals surface area contributed by atoms with Crippen molar-refractivity contribution in [1.82, 2.24) is 15.2 Å². The van der Waals surface area contributed by atoms with E-state index >= 15 is 0 Å². The molecule has 2 unspecified atom stereocenters. The lowest BCUT2D eigenvalue weighted by Gasteiger charge is -2.59. The van der Waals surface area contributed by atoms with Crippen molar-refractivity contribution in [1.29, 1.82) is 0 Å². The summed E-state index contributed by atoms with van der Waals surface area (Å²) >= 11 is 0. The standard InChI is InChI=1S/C25H31N3O/c1-16-18-10-17-11-19(16)15-25(13-17,14-18)23-12-21(20-4-2-3-5-22(20)27-23)24(29)28-8-6-26-7-9-28/h2-5,12,16-19,26H,6-11,13-15H2,1H3. The molecule has 152 valence electrons. The van der Waals surface area contributed by atoms with E-state index in [9.17, 15) is 4.79 Å². The summed E-state index contributed by atoms with van der Waals surface area (Å²) in [7, 11) is 0. The third-order valence-corrected chi connectivity index (χ3v) is 8.64. The zero-order chi connectivity index (χ0) is 19.6. The molecule has 1 aromatic heterocycles. The van der Waals surface area contributed by atoms with Gasteiger partial charge in [0.2, 0.25) is 0 Å². The van der Waals surface area contributed by atoms with Crippen LogP contribution in [0.3, 0.4) is 0 Å². The second-order valence-corrected chi connectivity index (χ2v) is 10.2. The van der Waals surface area contributed by atoms with Crippen LogP contribution in [0.5, 0.6) is 0 Å². The van der Waals surface area contributed by atoms with Gasteiger partial charge < -0.3 is 10.2 Å². The first-order chi connectivity index (χ1) is 14.1. The molecule has 1 amide bonds. The molecule has 1 aliphatic heterocycles. The largest absolute Gasteiger partial charge is 0.336 e. The molecule has 0 radical (unpaired) electrons. The van der Waals surface area contributed by atoms with Gasteiger partial charge in [-0.25, -0.2) is 0 Å². The van der Waals surface area contributed by atoms with Crippen LogP contribution in [0.15, 0.2) is 30.3 Å². The van der Waals surface area contributed by atoms with E-state index in [1.807, 2.05) is 11.0 Å². The molecule has 5 fully saturated rings. The second kappa shape index (κ2) is 6.53. The number of aromatic nitrogens is 1. The monoisotopic (exact) mass is 389 g/mol. The van der Waals surface area contributed by atoms with Gasteiger partial charge in [0.05, 0.1) is 11.1 Å². The normalized spacial score (nSPS) is 36.0. The number of amides is 1. The van der Waals surface area contributed by atoms with Crippen molar-refractivity contribution in [2.75, 3.05) is 26.2 Å². The quantitative estimate of drug-likeness (QED) is 0.845. The summed E-state index contributed by atoms with van der Waals surface area (Å²) in [5.41, 5.74) is 3.27. The Bertz CT molecular complexity index is 948. The molecular formula is C25H31N3O. The number of fused-ring (bicyclic) bond motifs is 1. The summed E-state index contributed by atoms with van der Waals surface area (Å²) < 4.78 is 0. The molecule has 2 heterocycles. The summed E-state index contributed by atoms with van der Waals surface area (Å²) in [6.07, 6.45) is 6.65. The fraction of sp³-hybridized carbons (Fsp3) is 0.600. The van der Waals surface area contributed by atoms with Gasteiger partial charge >= 0.3 is 0 Å². The Kier molecular flexibility index (Phi) is 4.03. The van der Waals surface area contributed by atoms with Crippen LogP contribution < -0.4 is 5.32 Å². The van der Waals surface area contributed by atoms with E-state index in [0.717, 1.165) is 66.3 Å². The average molecular weight is 390 g/mol. The van der Waals surface area contributed by atoms with Gasteiger partial charge in [0, 0.05) is 42.7 Å². The van der Waals surface area contributed by atoms with Gasteiger partial charge in [0.25, 0.3) is 5.91 Å².